The number of hydrogen-bond donors (Lipinski definition) is 0. The van der Waals surface area contributed by atoms with Gasteiger partial charge in [0.15, 0.2) is 0 Å². The van der Waals surface area contributed by atoms with Gasteiger partial charge in [-0.25, -0.2) is 0 Å². The first-order valence-corrected chi connectivity index (χ1v) is 5.95. The predicted molar refractivity (Wildman–Crippen MR) is 62.6 cm³/mol. The summed E-state index contributed by atoms with van der Waals surface area (Å²) in [6, 6.07) is 2.76. The van der Waals surface area contributed by atoms with E-state index in [1.807, 2.05) is 0 Å². The lowest BCUT2D eigenvalue weighted by Crippen LogP contribution is -2.60. The molecule has 0 aromatic rings. The number of rotatable bonds is 2. The van der Waals surface area contributed by atoms with Crippen molar-refractivity contribution in [2.75, 3.05) is 13.1 Å². The summed E-state index contributed by atoms with van der Waals surface area (Å²) in [7, 11) is 0. The minimum Gasteiger partial charge on any atom is -0.298 e. The van der Waals surface area contributed by atoms with Crippen LogP contribution in [-0.4, -0.2) is 47.1 Å². The molecule has 1 aliphatic heterocycles. The number of nitrogens with zero attached hydrogens (tertiary/aromatic N) is 2. The molecular weight excluding hydrogens is 172 g/mol. The van der Waals surface area contributed by atoms with Gasteiger partial charge in [0.05, 0.1) is 0 Å². The van der Waals surface area contributed by atoms with E-state index in [9.17, 15) is 0 Å². The fourth-order valence-electron chi connectivity index (χ4n) is 2.82. The zero-order valence-electron chi connectivity index (χ0n) is 10.6. The molecule has 0 aliphatic carbocycles. The van der Waals surface area contributed by atoms with Gasteiger partial charge in [-0.1, -0.05) is 0 Å². The van der Waals surface area contributed by atoms with Crippen molar-refractivity contribution in [2.24, 2.45) is 0 Å². The molecular formula is C12H26N2. The van der Waals surface area contributed by atoms with Crippen LogP contribution in [0.5, 0.6) is 0 Å². The molecule has 2 heteroatoms. The van der Waals surface area contributed by atoms with E-state index < -0.39 is 0 Å². The average molecular weight is 198 g/mol. The molecule has 1 aliphatic rings. The molecule has 0 bridgehead atoms. The van der Waals surface area contributed by atoms with Gasteiger partial charge in [-0.2, -0.15) is 0 Å². The van der Waals surface area contributed by atoms with E-state index in [-0.39, 0.29) is 0 Å². The van der Waals surface area contributed by atoms with Crippen LogP contribution in [0.1, 0.15) is 41.5 Å². The van der Waals surface area contributed by atoms with Gasteiger partial charge in [0.1, 0.15) is 0 Å². The Morgan fingerprint density at radius 2 is 1.29 bits per heavy atom. The smallest absolute Gasteiger partial charge is 0.0201 e. The second-order valence-corrected chi connectivity index (χ2v) is 5.29. The lowest BCUT2D eigenvalue weighted by molar-refractivity contribution is 0.00391. The van der Waals surface area contributed by atoms with E-state index >= 15 is 0 Å². The van der Waals surface area contributed by atoms with E-state index in [0.717, 1.165) is 0 Å². The molecule has 0 saturated carbocycles. The van der Waals surface area contributed by atoms with E-state index in [2.05, 4.69) is 51.3 Å². The van der Waals surface area contributed by atoms with Crippen LogP contribution in [0.15, 0.2) is 0 Å². The van der Waals surface area contributed by atoms with Gasteiger partial charge < -0.3 is 0 Å². The van der Waals surface area contributed by atoms with Crippen molar-refractivity contribution >= 4 is 0 Å². The summed E-state index contributed by atoms with van der Waals surface area (Å²) in [6.07, 6.45) is 0. The van der Waals surface area contributed by atoms with E-state index in [1.54, 1.807) is 0 Å². The van der Waals surface area contributed by atoms with Crippen LogP contribution in [-0.2, 0) is 0 Å². The van der Waals surface area contributed by atoms with Crippen molar-refractivity contribution in [3.63, 3.8) is 0 Å². The summed E-state index contributed by atoms with van der Waals surface area (Å²) in [5, 5.41) is 0. The molecule has 14 heavy (non-hydrogen) atoms. The topological polar surface area (TPSA) is 6.48 Å². The van der Waals surface area contributed by atoms with Crippen LogP contribution >= 0.6 is 0 Å². The van der Waals surface area contributed by atoms with Crippen LogP contribution in [0.3, 0.4) is 0 Å². The van der Waals surface area contributed by atoms with E-state index in [0.29, 0.717) is 24.2 Å². The van der Waals surface area contributed by atoms with Gasteiger partial charge in [-0.3, -0.25) is 9.80 Å². The normalized spacial score (nSPS) is 31.7. The van der Waals surface area contributed by atoms with Gasteiger partial charge in [0, 0.05) is 37.3 Å². The van der Waals surface area contributed by atoms with Crippen LogP contribution in [0.4, 0.5) is 0 Å². The third kappa shape index (κ3) is 2.48. The summed E-state index contributed by atoms with van der Waals surface area (Å²) < 4.78 is 0. The highest BCUT2D eigenvalue weighted by atomic mass is 15.3. The Hall–Kier alpha value is -0.0800. The van der Waals surface area contributed by atoms with Crippen molar-refractivity contribution in [1.82, 2.24) is 9.80 Å². The highest BCUT2D eigenvalue weighted by molar-refractivity contribution is 4.87. The van der Waals surface area contributed by atoms with Gasteiger partial charge >= 0.3 is 0 Å². The Morgan fingerprint density at radius 3 is 1.57 bits per heavy atom. The summed E-state index contributed by atoms with van der Waals surface area (Å²) in [4.78, 5) is 5.23. The van der Waals surface area contributed by atoms with Gasteiger partial charge in [-0.15, -0.1) is 0 Å². The first-order valence-electron chi connectivity index (χ1n) is 5.95. The van der Waals surface area contributed by atoms with Crippen molar-refractivity contribution in [1.29, 1.82) is 0 Å². The molecule has 0 radical (unpaired) electrons. The minimum absolute atomic E-state index is 0.675. The second kappa shape index (κ2) is 4.63. The monoisotopic (exact) mass is 198 g/mol. The first kappa shape index (κ1) is 12.0. The van der Waals surface area contributed by atoms with Crippen LogP contribution in [0.25, 0.3) is 0 Å². The Labute approximate surface area is 89.3 Å². The van der Waals surface area contributed by atoms with Crippen LogP contribution in [0, 0.1) is 0 Å². The van der Waals surface area contributed by atoms with Gasteiger partial charge in [0.2, 0.25) is 0 Å². The molecule has 2 nitrogen and oxygen atoms in total. The van der Waals surface area contributed by atoms with Crippen molar-refractivity contribution in [2.45, 2.75) is 65.7 Å². The number of hydrogen-bond acceptors (Lipinski definition) is 2. The summed E-state index contributed by atoms with van der Waals surface area (Å²) >= 11 is 0. The Kier molecular flexibility index (Phi) is 3.96. The molecule has 0 amide bonds. The Morgan fingerprint density at radius 1 is 0.857 bits per heavy atom. The maximum absolute atomic E-state index is 2.64. The van der Waals surface area contributed by atoms with E-state index in [4.69, 9.17) is 0 Å². The molecule has 1 heterocycles. The number of piperazine rings is 1. The molecule has 1 rings (SSSR count). The predicted octanol–water partition coefficient (Wildman–Crippen LogP) is 2.20. The van der Waals surface area contributed by atoms with Crippen molar-refractivity contribution in [3.8, 4) is 0 Å². The molecule has 0 aromatic carbocycles. The van der Waals surface area contributed by atoms with Crippen LogP contribution < -0.4 is 0 Å². The van der Waals surface area contributed by atoms with Gasteiger partial charge in [0.25, 0.3) is 0 Å². The summed E-state index contributed by atoms with van der Waals surface area (Å²) in [5.41, 5.74) is 0. The molecule has 1 unspecified atom stereocenters. The average Bonchev–Trinajstić information content (AvgIpc) is 2.01. The highest BCUT2D eigenvalue weighted by Crippen LogP contribution is 2.19. The van der Waals surface area contributed by atoms with Crippen LogP contribution in [0.2, 0.25) is 0 Å². The SMILES string of the molecule is CC(C)N1CC(C)N(C(C)C)[C@H](C)C1. The fraction of sp³-hybridized carbons (Fsp3) is 1.00. The minimum atomic E-state index is 0.675. The molecule has 0 spiro atoms. The molecule has 1 saturated heterocycles. The standard InChI is InChI=1S/C12H26N2/c1-9(2)13-7-11(5)14(10(3)4)12(6)8-13/h9-12H,7-8H2,1-6H3/t11-,12?/m1/s1. The fourth-order valence-corrected chi connectivity index (χ4v) is 2.82. The molecule has 0 aromatic heterocycles. The lowest BCUT2D eigenvalue weighted by atomic mass is 10.0. The summed E-state index contributed by atoms with van der Waals surface area (Å²) in [6.45, 7) is 16.3. The molecule has 84 valence electrons. The quantitative estimate of drug-likeness (QED) is 0.671. The molecule has 1 fully saturated rings. The first-order chi connectivity index (χ1) is 6.43. The lowest BCUT2D eigenvalue weighted by Gasteiger charge is -2.48. The third-order valence-corrected chi connectivity index (χ3v) is 3.34. The maximum atomic E-state index is 2.64. The largest absolute Gasteiger partial charge is 0.298 e. The van der Waals surface area contributed by atoms with Crippen molar-refractivity contribution < 1.29 is 0 Å². The molecule has 0 N–H and O–H groups in total. The zero-order valence-corrected chi connectivity index (χ0v) is 10.6. The zero-order chi connectivity index (χ0) is 10.9. The van der Waals surface area contributed by atoms with Crippen molar-refractivity contribution in [3.05, 3.63) is 0 Å². The Balaban J connectivity index is 2.63. The van der Waals surface area contributed by atoms with Gasteiger partial charge in [-0.05, 0) is 41.5 Å². The second-order valence-electron chi connectivity index (χ2n) is 5.29. The highest BCUT2D eigenvalue weighted by Gasteiger charge is 2.31. The van der Waals surface area contributed by atoms with E-state index in [1.165, 1.54) is 13.1 Å². The maximum Gasteiger partial charge on any atom is 0.0201 e. The summed E-state index contributed by atoms with van der Waals surface area (Å²) in [5.74, 6) is 0. The third-order valence-electron chi connectivity index (χ3n) is 3.34. The Bertz CT molecular complexity index is 165. The molecule has 2 atom stereocenters.